The fourth-order valence-corrected chi connectivity index (χ4v) is 3.69. The topological polar surface area (TPSA) is 91.0 Å². The first-order valence-electron chi connectivity index (χ1n) is 7.48. The van der Waals surface area contributed by atoms with Gasteiger partial charge in [0.15, 0.2) is 5.65 Å². The zero-order valence-corrected chi connectivity index (χ0v) is 14.3. The molecule has 3 aromatic rings. The van der Waals surface area contributed by atoms with E-state index >= 15 is 0 Å². The fraction of sp³-hybridized carbons (Fsp3) is 0.235. The van der Waals surface area contributed by atoms with Crippen molar-refractivity contribution < 1.29 is 9.90 Å². The molecule has 2 heterocycles. The Kier molecular flexibility index (Phi) is 4.46. The van der Waals surface area contributed by atoms with E-state index in [4.69, 9.17) is 5.41 Å². The predicted octanol–water partition coefficient (Wildman–Crippen LogP) is 2.36. The van der Waals surface area contributed by atoms with E-state index in [-0.39, 0.29) is 12.5 Å². The molecule has 6 nitrogen and oxygen atoms in total. The normalized spacial score (nSPS) is 11.0. The van der Waals surface area contributed by atoms with Gasteiger partial charge in [0, 0.05) is 25.4 Å². The fourth-order valence-electron chi connectivity index (χ4n) is 2.73. The number of benzene rings is 1. The largest absolute Gasteiger partial charge is 0.392 e. The Hall–Kier alpha value is -2.51. The molecule has 0 atom stereocenters. The number of nitrogens with zero attached hydrogens (tertiary/aromatic N) is 2. The van der Waals surface area contributed by atoms with Crippen molar-refractivity contribution in [2.45, 2.75) is 20.1 Å². The summed E-state index contributed by atoms with van der Waals surface area (Å²) in [6.07, 6.45) is 1.21. The van der Waals surface area contributed by atoms with Gasteiger partial charge in [0.1, 0.15) is 5.69 Å². The number of hydrogen-bond acceptors (Lipinski definition) is 5. The lowest BCUT2D eigenvalue weighted by molar-refractivity contribution is 0.0943. The van der Waals surface area contributed by atoms with Crippen molar-refractivity contribution in [3.8, 4) is 0 Å². The molecular weight excluding hydrogens is 324 g/mol. The molecule has 3 N–H and O–H groups in total. The van der Waals surface area contributed by atoms with Crippen LogP contribution in [0.4, 0.5) is 0 Å². The number of aryl methyl sites for hydroxylation is 2. The summed E-state index contributed by atoms with van der Waals surface area (Å²) in [5.41, 5.74) is 3.48. The molecule has 0 saturated heterocycles. The van der Waals surface area contributed by atoms with Crippen molar-refractivity contribution in [2.24, 2.45) is 7.05 Å². The summed E-state index contributed by atoms with van der Waals surface area (Å²) in [6.45, 7) is 2.24. The van der Waals surface area contributed by atoms with E-state index in [0.29, 0.717) is 17.8 Å². The molecule has 0 aliphatic heterocycles. The number of carbonyl (C=O) groups is 1. The molecule has 3 rings (SSSR count). The average Bonchev–Trinajstić information content (AvgIpc) is 3.09. The summed E-state index contributed by atoms with van der Waals surface area (Å²) in [5.74, 6) is -0.242. The summed E-state index contributed by atoms with van der Waals surface area (Å²) in [7, 11) is 1.79. The first-order chi connectivity index (χ1) is 11.5. The maximum absolute atomic E-state index is 12.6. The average molecular weight is 342 g/mol. The summed E-state index contributed by atoms with van der Waals surface area (Å²) in [4.78, 5) is 17.1. The summed E-state index contributed by atoms with van der Waals surface area (Å²) < 4.78 is 2.59. The predicted molar refractivity (Wildman–Crippen MR) is 94.7 cm³/mol. The molecule has 0 aliphatic carbocycles. The molecule has 1 amide bonds. The van der Waals surface area contributed by atoms with Crippen molar-refractivity contribution in [3.63, 3.8) is 0 Å². The van der Waals surface area contributed by atoms with E-state index in [9.17, 15) is 9.90 Å². The second kappa shape index (κ2) is 6.54. The Morgan fingerprint density at radius 3 is 2.92 bits per heavy atom. The molecule has 0 unspecified atom stereocenters. The molecule has 24 heavy (non-hydrogen) atoms. The summed E-state index contributed by atoms with van der Waals surface area (Å²) >= 11 is 1.48. The van der Waals surface area contributed by atoms with Crippen molar-refractivity contribution >= 4 is 33.8 Å². The number of amides is 1. The quantitative estimate of drug-likeness (QED) is 0.622. The van der Waals surface area contributed by atoms with E-state index in [1.165, 1.54) is 17.6 Å². The van der Waals surface area contributed by atoms with Crippen LogP contribution in [0.25, 0.3) is 10.3 Å². The van der Waals surface area contributed by atoms with Gasteiger partial charge in [0.25, 0.3) is 5.91 Å². The van der Waals surface area contributed by atoms with Crippen LogP contribution in [-0.4, -0.2) is 26.8 Å². The van der Waals surface area contributed by atoms with Crippen LogP contribution < -0.4 is 5.32 Å². The second-order valence-corrected chi connectivity index (χ2v) is 6.72. The van der Waals surface area contributed by atoms with Crippen LogP contribution in [0.3, 0.4) is 0 Å². The molecule has 0 spiro atoms. The smallest absolute Gasteiger partial charge is 0.268 e. The zero-order chi connectivity index (χ0) is 17.3. The third-order valence-electron chi connectivity index (χ3n) is 3.86. The number of nitrogens with one attached hydrogen (secondary N) is 2. The number of fused-ring (bicyclic) bond motifs is 1. The lowest BCUT2D eigenvalue weighted by Crippen LogP contribution is -2.26. The van der Waals surface area contributed by atoms with Gasteiger partial charge in [-0.05, 0) is 18.1 Å². The molecule has 124 valence electrons. The number of hydrogen-bond donors (Lipinski definition) is 3. The minimum Gasteiger partial charge on any atom is -0.392 e. The molecule has 7 heteroatoms. The Morgan fingerprint density at radius 1 is 1.46 bits per heavy atom. The van der Waals surface area contributed by atoms with E-state index in [0.717, 1.165) is 26.5 Å². The molecule has 1 aromatic carbocycles. The first-order valence-corrected chi connectivity index (χ1v) is 8.30. The van der Waals surface area contributed by atoms with Gasteiger partial charge in [-0.1, -0.05) is 24.3 Å². The van der Waals surface area contributed by atoms with Crippen molar-refractivity contribution in [3.05, 3.63) is 51.7 Å². The van der Waals surface area contributed by atoms with Crippen LogP contribution in [0.5, 0.6) is 0 Å². The van der Waals surface area contributed by atoms with Crippen LogP contribution in [0, 0.1) is 12.3 Å². The highest BCUT2D eigenvalue weighted by molar-refractivity contribution is 7.18. The van der Waals surface area contributed by atoms with Gasteiger partial charge in [0.05, 0.1) is 16.3 Å². The summed E-state index contributed by atoms with van der Waals surface area (Å²) in [5, 5.41) is 20.6. The van der Waals surface area contributed by atoms with Crippen LogP contribution in [0.2, 0.25) is 0 Å². The maximum atomic E-state index is 12.6. The molecule has 2 aromatic heterocycles. The third kappa shape index (κ3) is 2.83. The molecule has 0 fully saturated rings. The number of carbonyl (C=O) groups excluding carboxylic acids is 1. The molecule has 0 radical (unpaired) electrons. The maximum Gasteiger partial charge on any atom is 0.268 e. The Labute approximate surface area is 143 Å². The Bertz CT molecular complexity index is 926. The number of aliphatic hydroxyl groups is 1. The van der Waals surface area contributed by atoms with Crippen molar-refractivity contribution in [1.82, 2.24) is 14.9 Å². The van der Waals surface area contributed by atoms with Crippen LogP contribution in [0.1, 0.15) is 32.2 Å². The van der Waals surface area contributed by atoms with Crippen LogP contribution >= 0.6 is 11.3 Å². The van der Waals surface area contributed by atoms with Gasteiger partial charge in [-0.15, -0.1) is 11.3 Å². The number of rotatable bonds is 5. The minimum absolute atomic E-state index is 0.0289. The van der Waals surface area contributed by atoms with Crippen molar-refractivity contribution in [1.29, 1.82) is 5.41 Å². The monoisotopic (exact) mass is 342 g/mol. The molecule has 0 aliphatic rings. The first kappa shape index (κ1) is 16.4. The van der Waals surface area contributed by atoms with E-state index in [1.54, 1.807) is 11.6 Å². The number of aromatic nitrogens is 2. The third-order valence-corrected chi connectivity index (χ3v) is 4.85. The van der Waals surface area contributed by atoms with Gasteiger partial charge < -0.3 is 20.4 Å². The summed E-state index contributed by atoms with van der Waals surface area (Å²) in [6, 6.07) is 7.43. The minimum atomic E-state index is -0.242. The Balaban J connectivity index is 1.87. The number of aliphatic hydroxyl groups excluding tert-OH is 1. The number of thiazole rings is 1. The highest BCUT2D eigenvalue weighted by Gasteiger charge is 2.22. The highest BCUT2D eigenvalue weighted by atomic mass is 32.1. The van der Waals surface area contributed by atoms with Gasteiger partial charge >= 0.3 is 0 Å². The standard InChI is InChI=1S/C17H18N4O2S/c1-10-20-16-15(24-10)13(7-18)14(21(16)2)17(23)19-8-11-4-3-5-12(6-11)9-22/h3-7,18,22H,8-9H2,1-2H3,(H,19,23). The van der Waals surface area contributed by atoms with Gasteiger partial charge in [-0.25, -0.2) is 4.98 Å². The van der Waals surface area contributed by atoms with E-state index in [1.807, 2.05) is 31.2 Å². The SMILES string of the molecule is Cc1nc2c(s1)c(C=N)c(C(=O)NCc1cccc(CO)c1)n2C. The van der Waals surface area contributed by atoms with Crippen LogP contribution in [-0.2, 0) is 20.2 Å². The highest BCUT2D eigenvalue weighted by Crippen LogP contribution is 2.29. The van der Waals surface area contributed by atoms with Crippen LogP contribution in [0.15, 0.2) is 24.3 Å². The van der Waals surface area contributed by atoms with Gasteiger partial charge in [-0.3, -0.25) is 4.79 Å². The van der Waals surface area contributed by atoms with Gasteiger partial charge in [-0.2, -0.15) is 0 Å². The van der Waals surface area contributed by atoms with Gasteiger partial charge in [0.2, 0.25) is 0 Å². The second-order valence-electron chi connectivity index (χ2n) is 5.51. The Morgan fingerprint density at radius 2 is 2.21 bits per heavy atom. The van der Waals surface area contributed by atoms with Crippen molar-refractivity contribution in [2.75, 3.05) is 0 Å². The lowest BCUT2D eigenvalue weighted by Gasteiger charge is -2.08. The lowest BCUT2D eigenvalue weighted by atomic mass is 10.1. The zero-order valence-electron chi connectivity index (χ0n) is 13.5. The van der Waals surface area contributed by atoms with E-state index in [2.05, 4.69) is 10.3 Å². The molecule has 0 bridgehead atoms. The van der Waals surface area contributed by atoms with E-state index < -0.39 is 0 Å². The molecular formula is C17H18N4O2S. The molecule has 0 saturated carbocycles.